The molecule has 0 aliphatic heterocycles. The van der Waals surface area contributed by atoms with Crippen molar-refractivity contribution in [3.8, 4) is 0 Å². The van der Waals surface area contributed by atoms with Crippen molar-refractivity contribution in [1.82, 2.24) is 14.8 Å². The summed E-state index contributed by atoms with van der Waals surface area (Å²) in [6, 6.07) is 10.2. The highest BCUT2D eigenvalue weighted by Gasteiger charge is 2.28. The molecule has 1 aliphatic rings. The Morgan fingerprint density at radius 1 is 1.21 bits per heavy atom. The summed E-state index contributed by atoms with van der Waals surface area (Å²) >= 11 is 0. The number of hydrogen-bond acceptors (Lipinski definition) is 4. The smallest absolute Gasteiger partial charge is 0.256 e. The minimum absolute atomic E-state index is 0.113. The second-order valence-corrected chi connectivity index (χ2v) is 7.96. The summed E-state index contributed by atoms with van der Waals surface area (Å²) in [6.07, 6.45) is 4.04. The Kier molecular flexibility index (Phi) is 5.26. The molecule has 0 atom stereocenters. The average molecular weight is 392 g/mol. The molecule has 0 unspecified atom stereocenters. The highest BCUT2D eigenvalue weighted by molar-refractivity contribution is 6.12. The van der Waals surface area contributed by atoms with Gasteiger partial charge in [-0.05, 0) is 70.9 Å². The molecule has 0 radical (unpaired) electrons. The molecule has 6 nitrogen and oxygen atoms in total. The van der Waals surface area contributed by atoms with E-state index in [9.17, 15) is 4.79 Å². The van der Waals surface area contributed by atoms with Crippen LogP contribution in [-0.4, -0.2) is 33.8 Å². The maximum Gasteiger partial charge on any atom is 0.256 e. The number of carbonyl (C=O) groups is 1. The van der Waals surface area contributed by atoms with Crippen LogP contribution in [0.5, 0.6) is 0 Å². The number of nitrogens with zero attached hydrogens (tertiary/aromatic N) is 4. The van der Waals surface area contributed by atoms with Crippen molar-refractivity contribution < 1.29 is 4.79 Å². The third kappa shape index (κ3) is 3.84. The number of aromatic nitrogens is 3. The summed E-state index contributed by atoms with van der Waals surface area (Å²) in [5, 5.41) is 8.35. The largest absolute Gasteiger partial charge is 0.372 e. The summed E-state index contributed by atoms with van der Waals surface area (Å²) < 4.78 is 1.90. The Bertz CT molecular complexity index is 1010. The van der Waals surface area contributed by atoms with E-state index in [0.717, 1.165) is 54.0 Å². The fraction of sp³-hybridized carbons (Fsp3) is 0.435. The number of fused-ring (bicyclic) bond motifs is 1. The molecule has 1 saturated carbocycles. The predicted octanol–water partition coefficient (Wildman–Crippen LogP) is 4.99. The molecule has 6 heteroatoms. The predicted molar refractivity (Wildman–Crippen MR) is 118 cm³/mol. The molecule has 1 amide bonds. The van der Waals surface area contributed by atoms with Gasteiger partial charge >= 0.3 is 0 Å². The number of pyridine rings is 1. The van der Waals surface area contributed by atoms with Gasteiger partial charge in [-0.1, -0.05) is 0 Å². The highest BCUT2D eigenvalue weighted by atomic mass is 16.1. The molecule has 1 N–H and O–H groups in total. The SMILES string of the molecule is CCN(CC)c1ccc(NC(=O)c2cc(C3CC3)nc3c2cnn3C(C)C)cc1. The van der Waals surface area contributed by atoms with Crippen molar-refractivity contribution >= 4 is 28.3 Å². The summed E-state index contributed by atoms with van der Waals surface area (Å²) in [6.45, 7) is 10.4. The topological polar surface area (TPSA) is 63.1 Å². The van der Waals surface area contributed by atoms with Crippen LogP contribution in [-0.2, 0) is 0 Å². The molecule has 4 rings (SSSR count). The van der Waals surface area contributed by atoms with Gasteiger partial charge in [0.05, 0.1) is 17.1 Å². The number of rotatable bonds is 7. The van der Waals surface area contributed by atoms with Crippen LogP contribution in [0.15, 0.2) is 36.5 Å². The third-order valence-corrected chi connectivity index (χ3v) is 5.57. The molecular formula is C23H29N5O. The van der Waals surface area contributed by atoms with E-state index in [1.54, 1.807) is 6.20 Å². The molecule has 1 aromatic carbocycles. The van der Waals surface area contributed by atoms with Gasteiger partial charge in [0, 0.05) is 42.1 Å². The minimum atomic E-state index is -0.113. The van der Waals surface area contributed by atoms with Crippen molar-refractivity contribution in [3.63, 3.8) is 0 Å². The zero-order valence-electron chi connectivity index (χ0n) is 17.6. The summed E-state index contributed by atoms with van der Waals surface area (Å²) in [5.74, 6) is 0.355. The Labute approximate surface area is 171 Å². The van der Waals surface area contributed by atoms with Crippen LogP contribution in [0.3, 0.4) is 0 Å². The number of amides is 1. The minimum Gasteiger partial charge on any atom is -0.372 e. The highest BCUT2D eigenvalue weighted by Crippen LogP contribution is 2.40. The van der Waals surface area contributed by atoms with Gasteiger partial charge in [0.2, 0.25) is 0 Å². The molecule has 1 fully saturated rings. The van der Waals surface area contributed by atoms with Crippen molar-refractivity contribution in [2.45, 2.75) is 52.5 Å². The number of hydrogen-bond donors (Lipinski definition) is 1. The van der Waals surface area contributed by atoms with Crippen LogP contribution < -0.4 is 10.2 Å². The van der Waals surface area contributed by atoms with Crippen LogP contribution in [0.1, 0.15) is 68.5 Å². The Hall–Kier alpha value is -2.89. The lowest BCUT2D eigenvalue weighted by Crippen LogP contribution is -2.21. The van der Waals surface area contributed by atoms with Crippen molar-refractivity contribution in [3.05, 3.63) is 47.8 Å². The van der Waals surface area contributed by atoms with E-state index in [2.05, 4.69) is 55.1 Å². The number of anilines is 2. The van der Waals surface area contributed by atoms with E-state index in [4.69, 9.17) is 4.98 Å². The van der Waals surface area contributed by atoms with Crippen LogP contribution in [0, 0.1) is 0 Å². The Morgan fingerprint density at radius 2 is 1.90 bits per heavy atom. The normalized spacial score (nSPS) is 13.8. The fourth-order valence-electron chi connectivity index (χ4n) is 3.73. The fourth-order valence-corrected chi connectivity index (χ4v) is 3.73. The van der Waals surface area contributed by atoms with Gasteiger partial charge in [0.15, 0.2) is 5.65 Å². The average Bonchev–Trinajstić information content (AvgIpc) is 3.48. The third-order valence-electron chi connectivity index (χ3n) is 5.57. The van der Waals surface area contributed by atoms with Gasteiger partial charge in [0.1, 0.15) is 0 Å². The zero-order chi connectivity index (χ0) is 20.5. The zero-order valence-corrected chi connectivity index (χ0v) is 17.6. The lowest BCUT2D eigenvalue weighted by molar-refractivity contribution is 0.102. The van der Waals surface area contributed by atoms with E-state index in [0.29, 0.717) is 11.5 Å². The van der Waals surface area contributed by atoms with E-state index in [-0.39, 0.29) is 11.9 Å². The maximum atomic E-state index is 13.1. The lowest BCUT2D eigenvalue weighted by Gasteiger charge is -2.21. The molecule has 2 heterocycles. The second kappa shape index (κ2) is 7.85. The van der Waals surface area contributed by atoms with Gasteiger partial charge in [-0.3, -0.25) is 4.79 Å². The quantitative estimate of drug-likeness (QED) is 0.616. The molecule has 0 bridgehead atoms. The standard InChI is InChI=1S/C23H29N5O/c1-5-27(6-2)18-11-9-17(10-12-18)25-23(29)19-13-21(16-7-8-16)26-22-20(19)14-24-28(22)15(3)4/h9-16H,5-8H2,1-4H3,(H,25,29). The van der Waals surface area contributed by atoms with Crippen LogP contribution in [0.4, 0.5) is 11.4 Å². The first-order chi connectivity index (χ1) is 14.0. The summed E-state index contributed by atoms with van der Waals surface area (Å²) in [7, 11) is 0. The Morgan fingerprint density at radius 3 is 2.48 bits per heavy atom. The van der Waals surface area contributed by atoms with E-state index in [1.165, 1.54) is 0 Å². The Balaban J connectivity index is 1.64. The van der Waals surface area contributed by atoms with Crippen molar-refractivity contribution in [2.75, 3.05) is 23.3 Å². The number of benzene rings is 1. The van der Waals surface area contributed by atoms with Crippen LogP contribution in [0.2, 0.25) is 0 Å². The molecule has 3 aromatic rings. The van der Waals surface area contributed by atoms with Gasteiger partial charge in [-0.15, -0.1) is 0 Å². The van der Waals surface area contributed by atoms with Crippen LogP contribution in [0.25, 0.3) is 11.0 Å². The van der Waals surface area contributed by atoms with Gasteiger partial charge in [-0.2, -0.15) is 5.10 Å². The number of nitrogens with one attached hydrogen (secondary N) is 1. The number of carbonyl (C=O) groups excluding carboxylic acids is 1. The molecule has 2 aromatic heterocycles. The maximum absolute atomic E-state index is 13.1. The first-order valence-electron chi connectivity index (χ1n) is 10.6. The molecule has 0 saturated heterocycles. The summed E-state index contributed by atoms with van der Waals surface area (Å²) in [4.78, 5) is 20.3. The summed E-state index contributed by atoms with van der Waals surface area (Å²) in [5.41, 5.74) is 4.40. The molecule has 29 heavy (non-hydrogen) atoms. The molecular weight excluding hydrogens is 362 g/mol. The van der Waals surface area contributed by atoms with Crippen molar-refractivity contribution in [2.24, 2.45) is 0 Å². The van der Waals surface area contributed by atoms with Crippen molar-refractivity contribution in [1.29, 1.82) is 0 Å². The first kappa shape index (κ1) is 19.4. The molecule has 1 aliphatic carbocycles. The lowest BCUT2D eigenvalue weighted by atomic mass is 10.1. The first-order valence-corrected chi connectivity index (χ1v) is 10.6. The van der Waals surface area contributed by atoms with Gasteiger partial charge in [-0.25, -0.2) is 9.67 Å². The van der Waals surface area contributed by atoms with E-state index < -0.39 is 0 Å². The molecule has 0 spiro atoms. The molecule has 152 valence electrons. The van der Waals surface area contributed by atoms with Crippen LogP contribution >= 0.6 is 0 Å². The van der Waals surface area contributed by atoms with Gasteiger partial charge < -0.3 is 10.2 Å². The van der Waals surface area contributed by atoms with Gasteiger partial charge in [0.25, 0.3) is 5.91 Å². The monoisotopic (exact) mass is 391 g/mol. The second-order valence-electron chi connectivity index (χ2n) is 7.96. The van der Waals surface area contributed by atoms with E-state index in [1.807, 2.05) is 22.9 Å². The van der Waals surface area contributed by atoms with E-state index >= 15 is 0 Å².